The van der Waals surface area contributed by atoms with E-state index in [-0.39, 0.29) is 22.7 Å². The van der Waals surface area contributed by atoms with Crippen LogP contribution in [-0.2, 0) is 12.7 Å². The van der Waals surface area contributed by atoms with Crippen molar-refractivity contribution in [1.82, 2.24) is 24.4 Å². The summed E-state index contributed by atoms with van der Waals surface area (Å²) in [5, 5.41) is 11.5. The van der Waals surface area contributed by atoms with Crippen molar-refractivity contribution < 1.29 is 22.7 Å². The van der Waals surface area contributed by atoms with E-state index in [9.17, 15) is 18.0 Å². The van der Waals surface area contributed by atoms with Gasteiger partial charge in [0.15, 0.2) is 17.2 Å². The summed E-state index contributed by atoms with van der Waals surface area (Å²) in [6.07, 6.45) is -2.07. The van der Waals surface area contributed by atoms with Crippen molar-refractivity contribution >= 4 is 40.6 Å². The number of nitrogens with zero attached hydrogens (tertiary/aromatic N) is 5. The number of alkyl halides is 3. The topological polar surface area (TPSA) is 86.3 Å². The molecule has 0 saturated carbocycles. The summed E-state index contributed by atoms with van der Waals surface area (Å²) >= 11 is 12.0. The maximum absolute atomic E-state index is 13.9. The molecule has 5 aromatic rings. The quantitative estimate of drug-likeness (QED) is 0.266. The first kappa shape index (κ1) is 25.6. The Kier molecular flexibility index (Phi) is 6.72. The number of nitrogens with one attached hydrogen (secondary N) is 1. The number of halogens is 5. The van der Waals surface area contributed by atoms with Gasteiger partial charge >= 0.3 is 6.18 Å². The van der Waals surface area contributed by atoms with Gasteiger partial charge in [0.05, 0.1) is 35.6 Å². The highest BCUT2D eigenvalue weighted by Crippen LogP contribution is 2.33. The Labute approximate surface area is 223 Å². The molecular weight excluding hydrogens is 544 g/mol. The zero-order valence-corrected chi connectivity index (χ0v) is 21.0. The number of rotatable bonds is 6. The van der Waals surface area contributed by atoms with E-state index in [1.54, 1.807) is 59.4 Å². The van der Waals surface area contributed by atoms with E-state index >= 15 is 0 Å². The van der Waals surface area contributed by atoms with Crippen molar-refractivity contribution in [3.63, 3.8) is 0 Å². The molecule has 3 aromatic heterocycles. The summed E-state index contributed by atoms with van der Waals surface area (Å²) in [5.74, 6) is 0.0120. The van der Waals surface area contributed by atoms with Crippen LogP contribution in [0.1, 0.15) is 21.6 Å². The van der Waals surface area contributed by atoms with Gasteiger partial charge in [-0.1, -0.05) is 29.3 Å². The van der Waals surface area contributed by atoms with Crippen LogP contribution in [0.15, 0.2) is 67.0 Å². The average Bonchev–Trinajstić information content (AvgIpc) is 3.51. The molecule has 1 amide bonds. The molecule has 2 aromatic carbocycles. The number of methoxy groups -OCH3 is 1. The van der Waals surface area contributed by atoms with Gasteiger partial charge in [-0.3, -0.25) is 9.48 Å². The van der Waals surface area contributed by atoms with Crippen LogP contribution < -0.4 is 10.1 Å². The standard InChI is InChI=1S/C25H17Cl2F3N6O2/c1-38-16-5-3-15(4-6-16)20-11-21(25(28,29)30)36-23(32-20)17(12-31-36)24(37)33-22-8-9-35(34-22)13-14-2-7-18(26)19(27)10-14/h2-12H,13H2,1H3,(H,33,34,37). The first-order valence-corrected chi connectivity index (χ1v) is 11.8. The molecule has 3 heterocycles. The molecule has 1 N–H and O–H groups in total. The van der Waals surface area contributed by atoms with Gasteiger partial charge in [-0.2, -0.15) is 23.4 Å². The number of ether oxygens (including phenoxy) is 1. The summed E-state index contributed by atoms with van der Waals surface area (Å²) in [5.41, 5.74) is -0.208. The highest BCUT2D eigenvalue weighted by atomic mass is 35.5. The highest BCUT2D eigenvalue weighted by molar-refractivity contribution is 6.42. The van der Waals surface area contributed by atoms with Crippen LogP contribution in [0.25, 0.3) is 16.9 Å². The van der Waals surface area contributed by atoms with Crippen molar-refractivity contribution in [2.24, 2.45) is 0 Å². The Balaban J connectivity index is 1.45. The number of anilines is 1. The second-order valence-corrected chi connectivity index (χ2v) is 8.96. The minimum absolute atomic E-state index is 0.0212. The number of hydrogen-bond donors (Lipinski definition) is 1. The first-order valence-electron chi connectivity index (χ1n) is 11.0. The second-order valence-electron chi connectivity index (χ2n) is 8.15. The molecule has 0 bridgehead atoms. The third-order valence-corrected chi connectivity index (χ3v) is 6.34. The minimum Gasteiger partial charge on any atom is -0.497 e. The third kappa shape index (κ3) is 5.15. The molecule has 0 aliphatic carbocycles. The molecule has 8 nitrogen and oxygen atoms in total. The van der Waals surface area contributed by atoms with Crippen molar-refractivity contribution in [1.29, 1.82) is 0 Å². The van der Waals surface area contributed by atoms with E-state index in [2.05, 4.69) is 20.5 Å². The van der Waals surface area contributed by atoms with Crippen molar-refractivity contribution in [3.05, 3.63) is 93.9 Å². The maximum atomic E-state index is 13.9. The Bertz CT molecular complexity index is 1650. The van der Waals surface area contributed by atoms with E-state index < -0.39 is 17.8 Å². The van der Waals surface area contributed by atoms with Gasteiger partial charge in [0.2, 0.25) is 0 Å². The molecule has 0 radical (unpaired) electrons. The van der Waals surface area contributed by atoms with Gasteiger partial charge in [0.1, 0.15) is 11.3 Å². The summed E-state index contributed by atoms with van der Waals surface area (Å²) in [7, 11) is 1.48. The maximum Gasteiger partial charge on any atom is 0.433 e. The predicted molar refractivity (Wildman–Crippen MR) is 136 cm³/mol. The van der Waals surface area contributed by atoms with E-state index in [1.165, 1.54) is 7.11 Å². The van der Waals surface area contributed by atoms with Gasteiger partial charge in [-0.15, -0.1) is 0 Å². The lowest BCUT2D eigenvalue weighted by atomic mass is 10.1. The molecule has 5 rings (SSSR count). The molecule has 13 heteroatoms. The largest absolute Gasteiger partial charge is 0.497 e. The van der Waals surface area contributed by atoms with Crippen LogP contribution in [0.2, 0.25) is 10.0 Å². The number of fused-ring (bicyclic) bond motifs is 1. The molecule has 0 aliphatic rings. The Morgan fingerprint density at radius 3 is 2.50 bits per heavy atom. The number of benzene rings is 2. The van der Waals surface area contributed by atoms with Crippen molar-refractivity contribution in [2.75, 3.05) is 12.4 Å². The fourth-order valence-electron chi connectivity index (χ4n) is 3.76. The Morgan fingerprint density at radius 2 is 1.82 bits per heavy atom. The lowest BCUT2D eigenvalue weighted by Crippen LogP contribution is -2.16. The molecule has 194 valence electrons. The lowest BCUT2D eigenvalue weighted by molar-refractivity contribution is -0.142. The van der Waals surface area contributed by atoms with Crippen molar-refractivity contribution in [3.8, 4) is 17.0 Å². The van der Waals surface area contributed by atoms with E-state index in [0.717, 1.165) is 17.8 Å². The Morgan fingerprint density at radius 1 is 1.05 bits per heavy atom. The second kappa shape index (κ2) is 9.99. The fourth-order valence-corrected chi connectivity index (χ4v) is 4.08. The number of carbonyl (C=O) groups is 1. The molecular formula is C25H17Cl2F3N6O2. The van der Waals surface area contributed by atoms with E-state index in [0.29, 0.717) is 32.4 Å². The number of amides is 1. The van der Waals surface area contributed by atoms with Crippen LogP contribution in [-0.4, -0.2) is 37.4 Å². The van der Waals surface area contributed by atoms with Crippen LogP contribution in [0, 0.1) is 0 Å². The van der Waals surface area contributed by atoms with Gasteiger partial charge < -0.3 is 10.1 Å². The molecule has 0 saturated heterocycles. The fraction of sp³-hybridized carbons (Fsp3) is 0.120. The summed E-state index contributed by atoms with van der Waals surface area (Å²) in [6, 6.07) is 14.0. The van der Waals surface area contributed by atoms with Crippen LogP contribution in [0.5, 0.6) is 5.75 Å². The predicted octanol–water partition coefficient (Wildman–Crippen LogP) is 6.23. The smallest absolute Gasteiger partial charge is 0.433 e. The Hall–Kier alpha value is -4.09. The molecule has 0 unspecified atom stereocenters. The van der Waals surface area contributed by atoms with Crippen LogP contribution in [0.4, 0.5) is 19.0 Å². The number of hydrogen-bond acceptors (Lipinski definition) is 5. The normalized spacial score (nSPS) is 11.6. The number of aromatic nitrogens is 5. The third-order valence-electron chi connectivity index (χ3n) is 5.60. The lowest BCUT2D eigenvalue weighted by Gasteiger charge is -2.12. The number of carbonyl (C=O) groups excluding carboxylic acids is 1. The van der Waals surface area contributed by atoms with E-state index in [4.69, 9.17) is 27.9 Å². The minimum atomic E-state index is -4.74. The first-order chi connectivity index (χ1) is 18.1. The molecule has 0 fully saturated rings. The zero-order valence-electron chi connectivity index (χ0n) is 19.5. The van der Waals surface area contributed by atoms with Crippen LogP contribution >= 0.6 is 23.2 Å². The van der Waals surface area contributed by atoms with E-state index in [1.807, 2.05) is 0 Å². The van der Waals surface area contributed by atoms with Gasteiger partial charge in [0.25, 0.3) is 5.91 Å². The van der Waals surface area contributed by atoms with Gasteiger partial charge in [-0.05, 0) is 48.0 Å². The van der Waals surface area contributed by atoms with Crippen LogP contribution in [0.3, 0.4) is 0 Å². The SMILES string of the molecule is COc1ccc(-c2cc(C(F)(F)F)n3ncc(C(=O)Nc4ccn(Cc5ccc(Cl)c(Cl)c5)n4)c3n2)cc1. The molecule has 0 atom stereocenters. The molecule has 0 spiro atoms. The monoisotopic (exact) mass is 560 g/mol. The van der Waals surface area contributed by atoms with Gasteiger partial charge in [-0.25, -0.2) is 9.50 Å². The zero-order chi connectivity index (χ0) is 27.0. The molecule has 38 heavy (non-hydrogen) atoms. The summed E-state index contributed by atoms with van der Waals surface area (Å²) in [6.45, 7) is 0.352. The highest BCUT2D eigenvalue weighted by Gasteiger charge is 2.36. The summed E-state index contributed by atoms with van der Waals surface area (Å²) in [4.78, 5) is 17.4. The van der Waals surface area contributed by atoms with Crippen molar-refractivity contribution in [2.45, 2.75) is 12.7 Å². The molecule has 0 aliphatic heterocycles. The summed E-state index contributed by atoms with van der Waals surface area (Å²) < 4.78 is 48.9. The average molecular weight is 561 g/mol. The van der Waals surface area contributed by atoms with Gasteiger partial charge in [0, 0.05) is 17.8 Å².